The average Bonchev–Trinajstić information content (AvgIpc) is 2.33. The summed E-state index contributed by atoms with van der Waals surface area (Å²) in [5.74, 6) is 0.0182. The van der Waals surface area contributed by atoms with Crippen molar-refractivity contribution in [2.24, 2.45) is 0 Å². The third-order valence-corrected chi connectivity index (χ3v) is 2.74. The van der Waals surface area contributed by atoms with Crippen LogP contribution >= 0.6 is 27.5 Å². The quantitative estimate of drug-likeness (QED) is 0.482. The minimum atomic E-state index is -0.462. The van der Waals surface area contributed by atoms with Crippen molar-refractivity contribution in [2.75, 3.05) is 0 Å². The largest absolute Gasteiger partial charge is 0.423 e. The van der Waals surface area contributed by atoms with Gasteiger partial charge in [0.1, 0.15) is 10.9 Å². The highest BCUT2D eigenvalue weighted by Crippen LogP contribution is 2.17. The number of benzene rings is 1. The molecule has 0 atom stereocenters. The molecule has 0 unspecified atom stereocenters. The van der Waals surface area contributed by atoms with Crippen molar-refractivity contribution in [3.8, 4) is 5.75 Å². The second kappa shape index (κ2) is 5.29. The predicted octanol–water partition coefficient (Wildman–Crippen LogP) is 3.72. The van der Waals surface area contributed by atoms with Crippen LogP contribution in [0.25, 0.3) is 0 Å². The van der Waals surface area contributed by atoms with Crippen molar-refractivity contribution < 1.29 is 9.53 Å². The molecule has 0 radical (unpaired) electrons. The van der Waals surface area contributed by atoms with E-state index in [2.05, 4.69) is 20.9 Å². The van der Waals surface area contributed by atoms with Crippen molar-refractivity contribution in [1.82, 2.24) is 4.98 Å². The molecule has 86 valence electrons. The standard InChI is InChI=1S/C12H7BrClNO2/c13-9-2-4-10(5-3-9)17-12(16)8-1-6-11(14)15-7-8/h1-7H. The van der Waals surface area contributed by atoms with E-state index < -0.39 is 5.97 Å². The SMILES string of the molecule is O=C(Oc1ccc(Br)cc1)c1ccc(Cl)nc1. The molecule has 0 N–H and O–H groups in total. The highest BCUT2D eigenvalue weighted by molar-refractivity contribution is 9.10. The van der Waals surface area contributed by atoms with Crippen molar-refractivity contribution >= 4 is 33.5 Å². The fourth-order valence-corrected chi connectivity index (χ4v) is 1.54. The average molecular weight is 313 g/mol. The molecule has 1 aromatic carbocycles. The van der Waals surface area contributed by atoms with Gasteiger partial charge in [0.05, 0.1) is 5.56 Å². The van der Waals surface area contributed by atoms with Gasteiger partial charge in [-0.25, -0.2) is 9.78 Å². The first-order valence-electron chi connectivity index (χ1n) is 4.74. The second-order valence-corrected chi connectivity index (χ2v) is 4.52. The maximum Gasteiger partial charge on any atom is 0.345 e. The van der Waals surface area contributed by atoms with Gasteiger partial charge in [-0.05, 0) is 36.4 Å². The van der Waals surface area contributed by atoms with E-state index in [1.165, 1.54) is 6.20 Å². The van der Waals surface area contributed by atoms with Crippen molar-refractivity contribution in [2.45, 2.75) is 0 Å². The van der Waals surface area contributed by atoms with Crippen LogP contribution in [0.1, 0.15) is 10.4 Å². The summed E-state index contributed by atoms with van der Waals surface area (Å²) in [5.41, 5.74) is 0.359. The number of carbonyl (C=O) groups is 1. The molecule has 17 heavy (non-hydrogen) atoms. The van der Waals surface area contributed by atoms with Crippen LogP contribution in [0.5, 0.6) is 5.75 Å². The Morgan fingerprint density at radius 3 is 2.47 bits per heavy atom. The molecule has 0 aliphatic heterocycles. The van der Waals surface area contributed by atoms with E-state index in [4.69, 9.17) is 16.3 Å². The van der Waals surface area contributed by atoms with E-state index in [0.29, 0.717) is 16.5 Å². The van der Waals surface area contributed by atoms with Crippen LogP contribution in [0, 0.1) is 0 Å². The molecule has 0 bridgehead atoms. The fraction of sp³-hybridized carbons (Fsp3) is 0. The number of halogens is 2. The zero-order valence-electron chi connectivity index (χ0n) is 8.56. The number of nitrogens with zero attached hydrogens (tertiary/aromatic N) is 1. The smallest absolute Gasteiger partial charge is 0.345 e. The number of rotatable bonds is 2. The molecule has 1 heterocycles. The molecule has 2 aromatic rings. The third-order valence-electron chi connectivity index (χ3n) is 1.99. The minimum absolute atomic E-state index is 0.338. The monoisotopic (exact) mass is 311 g/mol. The van der Waals surface area contributed by atoms with Crippen LogP contribution in [0.4, 0.5) is 0 Å². The van der Waals surface area contributed by atoms with Crippen molar-refractivity contribution in [1.29, 1.82) is 0 Å². The Kier molecular flexibility index (Phi) is 3.76. The van der Waals surface area contributed by atoms with Gasteiger partial charge in [0.2, 0.25) is 0 Å². The van der Waals surface area contributed by atoms with Crippen LogP contribution in [0.3, 0.4) is 0 Å². The predicted molar refractivity (Wildman–Crippen MR) is 68.3 cm³/mol. The number of aromatic nitrogens is 1. The number of hydrogen-bond acceptors (Lipinski definition) is 3. The lowest BCUT2D eigenvalue weighted by atomic mass is 10.3. The summed E-state index contributed by atoms with van der Waals surface area (Å²) in [5, 5.41) is 0.338. The van der Waals surface area contributed by atoms with E-state index in [1.54, 1.807) is 36.4 Å². The van der Waals surface area contributed by atoms with Crippen molar-refractivity contribution in [3.05, 3.63) is 57.8 Å². The van der Waals surface area contributed by atoms with Crippen LogP contribution in [-0.4, -0.2) is 11.0 Å². The van der Waals surface area contributed by atoms with Gasteiger partial charge >= 0.3 is 5.97 Å². The normalized spacial score (nSPS) is 10.0. The molecule has 0 saturated carbocycles. The van der Waals surface area contributed by atoms with E-state index in [1.807, 2.05) is 0 Å². The van der Waals surface area contributed by atoms with E-state index >= 15 is 0 Å². The minimum Gasteiger partial charge on any atom is -0.423 e. The molecule has 0 saturated heterocycles. The summed E-state index contributed by atoms with van der Waals surface area (Å²) in [6.45, 7) is 0. The maximum absolute atomic E-state index is 11.7. The highest BCUT2D eigenvalue weighted by Gasteiger charge is 2.08. The third kappa shape index (κ3) is 3.28. The Bertz CT molecular complexity index is 525. The number of carbonyl (C=O) groups excluding carboxylic acids is 1. The Morgan fingerprint density at radius 1 is 1.18 bits per heavy atom. The number of ether oxygens (including phenoxy) is 1. The zero-order valence-corrected chi connectivity index (χ0v) is 10.9. The van der Waals surface area contributed by atoms with Gasteiger partial charge in [-0.1, -0.05) is 27.5 Å². The zero-order chi connectivity index (χ0) is 12.3. The summed E-state index contributed by atoms with van der Waals surface area (Å²) >= 11 is 8.92. The summed E-state index contributed by atoms with van der Waals surface area (Å²) in [6, 6.07) is 10.1. The first kappa shape index (κ1) is 12.1. The Hall–Kier alpha value is -1.39. The Labute approximate surface area is 112 Å². The molecule has 2 rings (SSSR count). The van der Waals surface area contributed by atoms with E-state index in [9.17, 15) is 4.79 Å². The number of hydrogen-bond donors (Lipinski definition) is 0. The lowest BCUT2D eigenvalue weighted by Gasteiger charge is -2.03. The van der Waals surface area contributed by atoms with E-state index in [-0.39, 0.29) is 0 Å². The topological polar surface area (TPSA) is 39.2 Å². The van der Waals surface area contributed by atoms with Gasteiger partial charge in [0.25, 0.3) is 0 Å². The fourth-order valence-electron chi connectivity index (χ4n) is 1.17. The molecule has 0 amide bonds. The summed E-state index contributed by atoms with van der Waals surface area (Å²) in [6.07, 6.45) is 1.38. The van der Waals surface area contributed by atoms with Crippen LogP contribution in [0.15, 0.2) is 47.1 Å². The molecular formula is C12H7BrClNO2. The lowest BCUT2D eigenvalue weighted by molar-refractivity contribution is 0.0734. The number of pyridine rings is 1. The van der Waals surface area contributed by atoms with Crippen LogP contribution in [0.2, 0.25) is 5.15 Å². The molecule has 0 fully saturated rings. The molecule has 5 heteroatoms. The van der Waals surface area contributed by atoms with Gasteiger partial charge in [-0.3, -0.25) is 0 Å². The van der Waals surface area contributed by atoms with Crippen molar-refractivity contribution in [3.63, 3.8) is 0 Å². The Balaban J connectivity index is 2.11. The first-order chi connectivity index (χ1) is 8.15. The van der Waals surface area contributed by atoms with Gasteiger partial charge < -0.3 is 4.74 Å². The van der Waals surface area contributed by atoms with Gasteiger partial charge in [0.15, 0.2) is 0 Å². The van der Waals surface area contributed by atoms with E-state index in [0.717, 1.165) is 4.47 Å². The summed E-state index contributed by atoms with van der Waals surface area (Å²) < 4.78 is 6.07. The van der Waals surface area contributed by atoms with Gasteiger partial charge in [-0.15, -0.1) is 0 Å². The van der Waals surface area contributed by atoms with Crippen LogP contribution < -0.4 is 4.74 Å². The second-order valence-electron chi connectivity index (χ2n) is 3.21. The summed E-state index contributed by atoms with van der Waals surface area (Å²) in [4.78, 5) is 15.5. The maximum atomic E-state index is 11.7. The number of esters is 1. The highest BCUT2D eigenvalue weighted by atomic mass is 79.9. The molecule has 1 aromatic heterocycles. The lowest BCUT2D eigenvalue weighted by Crippen LogP contribution is -2.08. The Morgan fingerprint density at radius 2 is 1.88 bits per heavy atom. The molecule has 0 spiro atoms. The molecular weight excluding hydrogens is 305 g/mol. The molecule has 0 aliphatic rings. The molecule has 0 aliphatic carbocycles. The van der Waals surface area contributed by atoms with Crippen LogP contribution in [-0.2, 0) is 0 Å². The van der Waals surface area contributed by atoms with Gasteiger partial charge in [-0.2, -0.15) is 0 Å². The van der Waals surface area contributed by atoms with Gasteiger partial charge in [0, 0.05) is 10.7 Å². The molecule has 3 nitrogen and oxygen atoms in total. The summed E-state index contributed by atoms with van der Waals surface area (Å²) in [7, 11) is 0. The first-order valence-corrected chi connectivity index (χ1v) is 5.91.